The Bertz CT molecular complexity index is 819. The molecule has 0 radical (unpaired) electrons. The quantitative estimate of drug-likeness (QED) is 0.708. The largest absolute Gasteiger partial charge is 0.377 e. The van der Waals surface area contributed by atoms with Crippen molar-refractivity contribution < 1.29 is 0 Å². The van der Waals surface area contributed by atoms with Gasteiger partial charge in [0.2, 0.25) is 0 Å². The number of thioether (sulfide) groups is 1. The molecule has 0 saturated heterocycles. The standard InChI is InChI=1S/C17H13ClN2S/c18-13-7-8-14(12-5-3-9-19-17(12)13)20-15-10-21-16-6-2-1-4-11(15)16/h1-9,15,20H,10H2. The molecular weight excluding hydrogens is 300 g/mol. The molecule has 0 bridgehead atoms. The summed E-state index contributed by atoms with van der Waals surface area (Å²) < 4.78 is 0. The second kappa shape index (κ2) is 5.24. The lowest BCUT2D eigenvalue weighted by Gasteiger charge is -2.16. The van der Waals surface area contributed by atoms with Gasteiger partial charge in [0.05, 0.1) is 16.6 Å². The summed E-state index contributed by atoms with van der Waals surface area (Å²) in [6.45, 7) is 0. The van der Waals surface area contributed by atoms with Crippen LogP contribution >= 0.6 is 23.4 Å². The van der Waals surface area contributed by atoms with E-state index in [1.165, 1.54) is 10.5 Å². The lowest BCUT2D eigenvalue weighted by molar-refractivity contribution is 0.902. The lowest BCUT2D eigenvalue weighted by atomic mass is 10.1. The average Bonchev–Trinajstić information content (AvgIpc) is 2.94. The minimum atomic E-state index is 0.329. The van der Waals surface area contributed by atoms with E-state index in [9.17, 15) is 0 Å². The van der Waals surface area contributed by atoms with E-state index in [1.54, 1.807) is 6.20 Å². The third-order valence-corrected chi connectivity index (χ3v) is 5.24. The summed E-state index contributed by atoms with van der Waals surface area (Å²) in [5.74, 6) is 1.05. The van der Waals surface area contributed by atoms with Gasteiger partial charge in [0.1, 0.15) is 0 Å². The molecule has 1 aliphatic rings. The van der Waals surface area contributed by atoms with Crippen LogP contribution in [0.2, 0.25) is 5.02 Å². The number of hydrogen-bond acceptors (Lipinski definition) is 3. The summed E-state index contributed by atoms with van der Waals surface area (Å²) in [6.07, 6.45) is 1.78. The van der Waals surface area contributed by atoms with E-state index in [-0.39, 0.29) is 0 Å². The monoisotopic (exact) mass is 312 g/mol. The average molecular weight is 313 g/mol. The molecule has 2 heterocycles. The number of pyridine rings is 1. The van der Waals surface area contributed by atoms with Crippen molar-refractivity contribution in [1.29, 1.82) is 0 Å². The van der Waals surface area contributed by atoms with Crippen molar-refractivity contribution in [2.45, 2.75) is 10.9 Å². The molecule has 2 nitrogen and oxygen atoms in total. The maximum Gasteiger partial charge on any atom is 0.0908 e. The second-order valence-corrected chi connectivity index (χ2v) is 6.51. The van der Waals surface area contributed by atoms with E-state index < -0.39 is 0 Å². The highest BCUT2D eigenvalue weighted by Crippen LogP contribution is 2.40. The first-order valence-electron chi connectivity index (χ1n) is 6.84. The first-order valence-corrected chi connectivity index (χ1v) is 8.21. The van der Waals surface area contributed by atoms with Crippen molar-refractivity contribution in [3.8, 4) is 0 Å². The SMILES string of the molecule is Clc1ccc(NC2CSc3ccccc32)c2cccnc12. The molecule has 2 aromatic carbocycles. The Balaban J connectivity index is 1.75. The predicted octanol–water partition coefficient (Wildman–Crippen LogP) is 5.15. The number of rotatable bonds is 2. The van der Waals surface area contributed by atoms with E-state index in [0.29, 0.717) is 11.1 Å². The van der Waals surface area contributed by atoms with Crippen LogP contribution in [0.3, 0.4) is 0 Å². The van der Waals surface area contributed by atoms with Gasteiger partial charge in [-0.25, -0.2) is 0 Å². The van der Waals surface area contributed by atoms with Crippen LogP contribution in [-0.2, 0) is 0 Å². The molecule has 104 valence electrons. The number of nitrogens with one attached hydrogen (secondary N) is 1. The van der Waals surface area contributed by atoms with Crippen LogP contribution in [0.25, 0.3) is 10.9 Å². The summed E-state index contributed by atoms with van der Waals surface area (Å²) in [4.78, 5) is 5.75. The van der Waals surface area contributed by atoms with Crippen LogP contribution in [-0.4, -0.2) is 10.7 Å². The number of nitrogens with zero attached hydrogens (tertiary/aromatic N) is 1. The Hall–Kier alpha value is -1.71. The number of fused-ring (bicyclic) bond motifs is 2. The zero-order valence-corrected chi connectivity index (χ0v) is 12.8. The molecule has 4 heteroatoms. The van der Waals surface area contributed by atoms with Gasteiger partial charge in [-0.1, -0.05) is 29.8 Å². The molecule has 1 N–H and O–H groups in total. The number of hydrogen-bond donors (Lipinski definition) is 1. The van der Waals surface area contributed by atoms with E-state index in [4.69, 9.17) is 11.6 Å². The maximum atomic E-state index is 6.23. The summed E-state index contributed by atoms with van der Waals surface area (Å²) in [5.41, 5.74) is 3.31. The van der Waals surface area contributed by atoms with Gasteiger partial charge in [0, 0.05) is 27.9 Å². The first kappa shape index (κ1) is 13.0. The minimum absolute atomic E-state index is 0.329. The van der Waals surface area contributed by atoms with Gasteiger partial charge in [-0.05, 0) is 35.9 Å². The number of halogens is 1. The van der Waals surface area contributed by atoms with Crippen molar-refractivity contribution in [3.63, 3.8) is 0 Å². The summed E-state index contributed by atoms with van der Waals surface area (Å²) in [6, 6.07) is 16.9. The molecule has 1 unspecified atom stereocenters. The van der Waals surface area contributed by atoms with Crippen LogP contribution in [0.15, 0.2) is 59.6 Å². The molecule has 3 aromatic rings. The van der Waals surface area contributed by atoms with Crippen LogP contribution in [0.5, 0.6) is 0 Å². The topological polar surface area (TPSA) is 24.9 Å². The zero-order valence-electron chi connectivity index (χ0n) is 11.2. The van der Waals surface area contributed by atoms with Crippen molar-refractivity contribution in [2.75, 3.05) is 11.1 Å². The third kappa shape index (κ3) is 2.27. The normalized spacial score (nSPS) is 16.9. The molecular formula is C17H13ClN2S. The number of aromatic nitrogens is 1. The van der Waals surface area contributed by atoms with Crippen molar-refractivity contribution >= 4 is 40.0 Å². The predicted molar refractivity (Wildman–Crippen MR) is 90.3 cm³/mol. The minimum Gasteiger partial charge on any atom is -0.377 e. The Kier molecular flexibility index (Phi) is 3.24. The molecule has 4 rings (SSSR count). The van der Waals surface area contributed by atoms with Crippen LogP contribution in [0.4, 0.5) is 5.69 Å². The summed E-state index contributed by atoms with van der Waals surface area (Å²) in [5, 5.41) is 5.41. The molecule has 1 aromatic heterocycles. The fourth-order valence-electron chi connectivity index (χ4n) is 2.73. The van der Waals surface area contributed by atoms with Crippen molar-refractivity contribution in [1.82, 2.24) is 4.98 Å². The molecule has 0 aliphatic carbocycles. The first-order chi connectivity index (χ1) is 10.3. The van der Waals surface area contributed by atoms with Crippen LogP contribution in [0, 0.1) is 0 Å². The molecule has 0 saturated carbocycles. The van der Waals surface area contributed by atoms with E-state index in [1.807, 2.05) is 30.0 Å². The molecule has 0 amide bonds. The van der Waals surface area contributed by atoms with Gasteiger partial charge in [-0.15, -0.1) is 11.8 Å². The Morgan fingerprint density at radius 1 is 1.10 bits per heavy atom. The molecule has 0 spiro atoms. The zero-order chi connectivity index (χ0) is 14.2. The second-order valence-electron chi connectivity index (χ2n) is 5.04. The van der Waals surface area contributed by atoms with E-state index in [2.05, 4.69) is 40.6 Å². The van der Waals surface area contributed by atoms with Crippen LogP contribution < -0.4 is 5.32 Å². The number of benzene rings is 2. The van der Waals surface area contributed by atoms with E-state index >= 15 is 0 Å². The van der Waals surface area contributed by atoms with Crippen LogP contribution in [0.1, 0.15) is 11.6 Å². The highest BCUT2D eigenvalue weighted by molar-refractivity contribution is 7.99. The van der Waals surface area contributed by atoms with Gasteiger partial charge in [-0.3, -0.25) is 4.98 Å². The summed E-state index contributed by atoms with van der Waals surface area (Å²) >= 11 is 8.13. The molecule has 21 heavy (non-hydrogen) atoms. The highest BCUT2D eigenvalue weighted by Gasteiger charge is 2.23. The van der Waals surface area contributed by atoms with Gasteiger partial charge in [0.15, 0.2) is 0 Å². The summed E-state index contributed by atoms with van der Waals surface area (Å²) in [7, 11) is 0. The smallest absolute Gasteiger partial charge is 0.0908 e. The van der Waals surface area contributed by atoms with Gasteiger partial charge in [0.25, 0.3) is 0 Å². The molecule has 0 fully saturated rings. The van der Waals surface area contributed by atoms with E-state index in [0.717, 1.165) is 22.3 Å². The fraction of sp³-hybridized carbons (Fsp3) is 0.118. The Morgan fingerprint density at radius 3 is 2.95 bits per heavy atom. The lowest BCUT2D eigenvalue weighted by Crippen LogP contribution is -2.10. The Labute approximate surface area is 132 Å². The molecule has 1 aliphatic heterocycles. The third-order valence-electron chi connectivity index (χ3n) is 3.75. The van der Waals surface area contributed by atoms with Gasteiger partial charge >= 0.3 is 0 Å². The highest BCUT2D eigenvalue weighted by atomic mass is 35.5. The van der Waals surface area contributed by atoms with Crippen molar-refractivity contribution in [2.24, 2.45) is 0 Å². The van der Waals surface area contributed by atoms with Gasteiger partial charge < -0.3 is 5.32 Å². The van der Waals surface area contributed by atoms with Crippen molar-refractivity contribution in [3.05, 3.63) is 65.3 Å². The number of anilines is 1. The molecule has 1 atom stereocenters. The maximum absolute atomic E-state index is 6.23. The Morgan fingerprint density at radius 2 is 2.00 bits per heavy atom. The van der Waals surface area contributed by atoms with Gasteiger partial charge in [-0.2, -0.15) is 0 Å². The fourth-order valence-corrected chi connectivity index (χ4v) is 4.11.